The molecular weight excluding hydrogens is 220 g/mol. The second kappa shape index (κ2) is 6.24. The summed E-state index contributed by atoms with van der Waals surface area (Å²) in [5, 5.41) is 3.52. The first-order valence-corrected chi connectivity index (χ1v) is 7.27. The molecule has 0 radical (unpaired) electrons. The van der Waals surface area contributed by atoms with Gasteiger partial charge in [0.05, 0.1) is 0 Å². The van der Waals surface area contributed by atoms with Crippen LogP contribution in [0.5, 0.6) is 0 Å². The first-order chi connectivity index (χ1) is 8.70. The molecule has 0 atom stereocenters. The van der Waals surface area contributed by atoms with Gasteiger partial charge in [0, 0.05) is 25.3 Å². The van der Waals surface area contributed by atoms with Gasteiger partial charge in [0.2, 0.25) is 0 Å². The highest BCUT2D eigenvalue weighted by atomic mass is 15.1. The third-order valence-corrected chi connectivity index (χ3v) is 3.66. The van der Waals surface area contributed by atoms with Crippen LogP contribution in [0.4, 0.5) is 5.69 Å². The van der Waals surface area contributed by atoms with Gasteiger partial charge in [-0.3, -0.25) is 4.90 Å². The largest absolute Gasteiger partial charge is 0.385 e. The minimum atomic E-state index is 0.739. The highest BCUT2D eigenvalue weighted by Crippen LogP contribution is 2.26. The lowest BCUT2D eigenvalue weighted by Gasteiger charge is -2.26. The zero-order valence-electron chi connectivity index (χ0n) is 12.0. The molecule has 0 saturated carbocycles. The van der Waals surface area contributed by atoms with E-state index in [9.17, 15) is 0 Å². The number of rotatable bonds is 5. The van der Waals surface area contributed by atoms with Crippen molar-refractivity contribution in [3.8, 4) is 0 Å². The second-order valence-corrected chi connectivity index (χ2v) is 5.70. The Hall–Kier alpha value is -1.02. The van der Waals surface area contributed by atoms with Gasteiger partial charge >= 0.3 is 0 Å². The molecule has 0 bridgehead atoms. The van der Waals surface area contributed by atoms with Crippen LogP contribution in [0.2, 0.25) is 0 Å². The van der Waals surface area contributed by atoms with Crippen molar-refractivity contribution in [2.24, 2.45) is 5.92 Å². The van der Waals surface area contributed by atoms with Gasteiger partial charge in [-0.05, 0) is 42.5 Å². The normalized spacial score (nSPS) is 14.7. The van der Waals surface area contributed by atoms with Crippen molar-refractivity contribution in [1.82, 2.24) is 4.90 Å². The zero-order chi connectivity index (χ0) is 13.0. The van der Waals surface area contributed by atoms with Crippen molar-refractivity contribution in [2.45, 2.75) is 40.2 Å². The number of anilines is 1. The van der Waals surface area contributed by atoms with Crippen LogP contribution in [0.15, 0.2) is 18.2 Å². The average molecular weight is 246 g/mol. The quantitative estimate of drug-likeness (QED) is 0.855. The first kappa shape index (κ1) is 13.4. The first-order valence-electron chi connectivity index (χ1n) is 7.27. The maximum atomic E-state index is 3.52. The fourth-order valence-electron chi connectivity index (χ4n) is 2.79. The number of fused-ring (bicyclic) bond motifs is 1. The minimum Gasteiger partial charge on any atom is -0.385 e. The topological polar surface area (TPSA) is 15.3 Å². The zero-order valence-corrected chi connectivity index (χ0v) is 12.0. The molecule has 1 aromatic carbocycles. The number of nitrogens with one attached hydrogen (secondary N) is 1. The summed E-state index contributed by atoms with van der Waals surface area (Å²) < 4.78 is 0. The molecule has 1 heterocycles. The van der Waals surface area contributed by atoms with Gasteiger partial charge in [-0.25, -0.2) is 0 Å². The van der Waals surface area contributed by atoms with E-state index in [1.807, 2.05) is 0 Å². The van der Waals surface area contributed by atoms with Gasteiger partial charge < -0.3 is 5.32 Å². The van der Waals surface area contributed by atoms with Crippen molar-refractivity contribution in [3.05, 3.63) is 29.3 Å². The van der Waals surface area contributed by atoms with Crippen molar-refractivity contribution < 1.29 is 0 Å². The summed E-state index contributed by atoms with van der Waals surface area (Å²) >= 11 is 0. The van der Waals surface area contributed by atoms with Crippen LogP contribution in [0.1, 0.15) is 38.3 Å². The van der Waals surface area contributed by atoms with Crippen LogP contribution < -0.4 is 5.32 Å². The third-order valence-electron chi connectivity index (χ3n) is 3.66. The summed E-state index contributed by atoms with van der Waals surface area (Å²) in [6.07, 6.45) is 2.50. The molecule has 2 rings (SSSR count). The lowest BCUT2D eigenvalue weighted by molar-refractivity contribution is 0.247. The van der Waals surface area contributed by atoms with Gasteiger partial charge in [0.1, 0.15) is 0 Å². The summed E-state index contributed by atoms with van der Waals surface area (Å²) in [6, 6.07) is 6.71. The van der Waals surface area contributed by atoms with Crippen LogP contribution in [0.3, 0.4) is 0 Å². The van der Waals surface area contributed by atoms with Gasteiger partial charge in [0.25, 0.3) is 0 Å². The van der Waals surface area contributed by atoms with Crippen molar-refractivity contribution >= 4 is 5.69 Å². The Labute approximate surface area is 111 Å². The van der Waals surface area contributed by atoms with Crippen LogP contribution in [-0.4, -0.2) is 24.5 Å². The fourth-order valence-corrected chi connectivity index (χ4v) is 2.79. The Morgan fingerprint density at radius 3 is 2.89 bits per heavy atom. The van der Waals surface area contributed by atoms with E-state index < -0.39 is 0 Å². The molecule has 0 aliphatic carbocycles. The summed E-state index contributed by atoms with van der Waals surface area (Å²) in [6.45, 7) is 11.4. The highest BCUT2D eigenvalue weighted by molar-refractivity contribution is 5.56. The van der Waals surface area contributed by atoms with Gasteiger partial charge in [-0.2, -0.15) is 0 Å². The van der Waals surface area contributed by atoms with Crippen molar-refractivity contribution in [2.75, 3.05) is 25.0 Å². The van der Waals surface area contributed by atoms with E-state index in [2.05, 4.69) is 49.2 Å². The molecule has 2 heteroatoms. The maximum Gasteiger partial charge on any atom is 0.0375 e. The second-order valence-electron chi connectivity index (χ2n) is 5.70. The molecule has 0 spiro atoms. The molecule has 0 unspecified atom stereocenters. The Morgan fingerprint density at radius 2 is 2.17 bits per heavy atom. The summed E-state index contributed by atoms with van der Waals surface area (Å²) in [4.78, 5) is 2.55. The minimum absolute atomic E-state index is 0.739. The number of hydrogen-bond acceptors (Lipinski definition) is 2. The predicted molar refractivity (Wildman–Crippen MR) is 79.0 cm³/mol. The molecule has 0 saturated heterocycles. The van der Waals surface area contributed by atoms with E-state index in [1.54, 1.807) is 5.56 Å². The van der Waals surface area contributed by atoms with Gasteiger partial charge in [-0.15, -0.1) is 0 Å². The third kappa shape index (κ3) is 3.26. The smallest absolute Gasteiger partial charge is 0.0375 e. The molecule has 18 heavy (non-hydrogen) atoms. The predicted octanol–water partition coefficient (Wildman–Crippen LogP) is 3.52. The van der Waals surface area contributed by atoms with Crippen LogP contribution >= 0.6 is 0 Å². The lowest BCUT2D eigenvalue weighted by Crippen LogP contribution is -2.28. The van der Waals surface area contributed by atoms with Gasteiger partial charge in [0.15, 0.2) is 0 Å². The molecule has 0 aromatic heterocycles. The average Bonchev–Trinajstić information content (AvgIpc) is 2.38. The van der Waals surface area contributed by atoms with E-state index in [0.29, 0.717) is 0 Å². The monoisotopic (exact) mass is 246 g/mol. The summed E-state index contributed by atoms with van der Waals surface area (Å²) in [5.74, 6) is 0.739. The summed E-state index contributed by atoms with van der Waals surface area (Å²) in [5.41, 5.74) is 4.42. The van der Waals surface area contributed by atoms with Crippen LogP contribution in [-0.2, 0) is 13.0 Å². The molecule has 1 aromatic rings. The Morgan fingerprint density at radius 1 is 1.33 bits per heavy atom. The molecule has 0 amide bonds. The van der Waals surface area contributed by atoms with Crippen molar-refractivity contribution in [1.29, 1.82) is 0 Å². The molecule has 1 aliphatic rings. The maximum absolute atomic E-state index is 3.52. The van der Waals surface area contributed by atoms with E-state index in [1.165, 1.54) is 30.6 Å². The number of nitrogens with zero attached hydrogens (tertiary/aromatic N) is 1. The van der Waals surface area contributed by atoms with E-state index >= 15 is 0 Å². The molecule has 1 N–H and O–H groups in total. The number of hydrogen-bond donors (Lipinski definition) is 1. The van der Waals surface area contributed by atoms with Crippen LogP contribution in [0, 0.1) is 5.92 Å². The standard InChI is InChI=1S/C16H26N2/c1-4-18(11-13(2)3)12-14-7-5-9-16-15(14)8-6-10-17-16/h5,7,9,13,17H,4,6,8,10-12H2,1-3H3. The Kier molecular flexibility index (Phi) is 4.65. The molecule has 0 fully saturated rings. The highest BCUT2D eigenvalue weighted by Gasteiger charge is 2.14. The van der Waals surface area contributed by atoms with Crippen LogP contribution in [0.25, 0.3) is 0 Å². The molecule has 100 valence electrons. The number of benzene rings is 1. The van der Waals surface area contributed by atoms with E-state index in [4.69, 9.17) is 0 Å². The van der Waals surface area contributed by atoms with E-state index in [0.717, 1.165) is 25.6 Å². The Balaban J connectivity index is 2.12. The molecule has 2 nitrogen and oxygen atoms in total. The lowest BCUT2D eigenvalue weighted by atomic mass is 9.97. The fraction of sp³-hybridized carbons (Fsp3) is 0.625. The Bertz CT molecular complexity index is 385. The SMILES string of the molecule is CCN(Cc1cccc2c1CCCN2)CC(C)C. The van der Waals surface area contributed by atoms with E-state index in [-0.39, 0.29) is 0 Å². The molecular formula is C16H26N2. The van der Waals surface area contributed by atoms with Crippen molar-refractivity contribution in [3.63, 3.8) is 0 Å². The molecule has 1 aliphatic heterocycles. The van der Waals surface area contributed by atoms with Gasteiger partial charge in [-0.1, -0.05) is 32.9 Å². The summed E-state index contributed by atoms with van der Waals surface area (Å²) in [7, 11) is 0.